The van der Waals surface area contributed by atoms with E-state index < -0.39 is 29.4 Å². The summed E-state index contributed by atoms with van der Waals surface area (Å²) < 4.78 is 40.5. The number of nitrogens with one attached hydrogen (secondary N) is 1. The van der Waals surface area contributed by atoms with Gasteiger partial charge in [0.15, 0.2) is 0 Å². The molecule has 0 unspecified atom stereocenters. The molecule has 3 heterocycles. The summed E-state index contributed by atoms with van der Waals surface area (Å²) in [5.74, 6) is -1.42. The van der Waals surface area contributed by atoms with Crippen LogP contribution in [0.5, 0.6) is 0 Å². The van der Waals surface area contributed by atoms with Crippen molar-refractivity contribution in [2.24, 2.45) is 0 Å². The minimum Gasteiger partial charge on any atom is -0.347 e. The van der Waals surface area contributed by atoms with Gasteiger partial charge >= 0.3 is 6.18 Å². The van der Waals surface area contributed by atoms with Crippen LogP contribution in [0.2, 0.25) is 0 Å². The number of carbonyl (C=O) groups excluding carboxylic acids is 2. The molecule has 5 rings (SSSR count). The Balaban J connectivity index is 1.41. The maximum Gasteiger partial charge on any atom is 0.418 e. The lowest BCUT2D eigenvalue weighted by molar-refractivity contribution is -0.138. The van der Waals surface area contributed by atoms with Crippen molar-refractivity contribution in [2.75, 3.05) is 13.1 Å². The number of benzene rings is 2. The number of likely N-dealkylation sites (tertiary alicyclic amines) is 1. The molecule has 7 nitrogen and oxygen atoms in total. The van der Waals surface area contributed by atoms with Gasteiger partial charge in [0.25, 0.3) is 11.8 Å². The summed E-state index contributed by atoms with van der Waals surface area (Å²) in [7, 11) is 0. The van der Waals surface area contributed by atoms with Gasteiger partial charge in [-0.15, -0.1) is 0 Å². The molecular formula is C28H24F3N5O2. The van der Waals surface area contributed by atoms with Gasteiger partial charge in [-0.1, -0.05) is 30.3 Å². The normalized spacial score (nSPS) is 17.8. The minimum absolute atomic E-state index is 0.185. The van der Waals surface area contributed by atoms with E-state index in [0.29, 0.717) is 24.0 Å². The molecule has 1 aliphatic heterocycles. The van der Waals surface area contributed by atoms with Crippen LogP contribution in [0.25, 0.3) is 11.0 Å². The van der Waals surface area contributed by atoms with E-state index in [1.165, 1.54) is 0 Å². The highest BCUT2D eigenvalue weighted by atomic mass is 19.4. The second-order valence-electron chi connectivity index (χ2n) is 9.25. The van der Waals surface area contributed by atoms with Gasteiger partial charge in [0.05, 0.1) is 16.6 Å². The number of carbonyl (C=O) groups is 2. The summed E-state index contributed by atoms with van der Waals surface area (Å²) in [4.78, 5) is 40.6. The molecule has 2 amide bonds. The quantitative estimate of drug-likeness (QED) is 0.419. The Hall–Kier alpha value is -4.34. The van der Waals surface area contributed by atoms with Crippen molar-refractivity contribution < 1.29 is 22.8 Å². The zero-order chi connectivity index (χ0) is 26.9. The highest BCUT2D eigenvalue weighted by Crippen LogP contribution is 2.32. The fraction of sp³-hybridized carbons (Fsp3) is 0.250. The standard InChI is InChI=1S/C28H24F3N5O2/c1-17-14-19(15-23-24(17)34-12-11-32-23)27(38)36-13-9-22(20(16-36)18-6-3-2-4-7-18)35-26(37)25-21(28(29,30)31)8-5-10-33-25/h2-8,10-12,14-15,20,22H,9,13,16H2,1H3,(H,35,37)/t20-,22-/m1/s1. The van der Waals surface area contributed by atoms with Crippen LogP contribution in [0.4, 0.5) is 13.2 Å². The Bertz CT molecular complexity index is 1490. The summed E-state index contributed by atoms with van der Waals surface area (Å²) in [6, 6.07) is 14.3. The van der Waals surface area contributed by atoms with Crippen molar-refractivity contribution in [2.45, 2.75) is 31.5 Å². The van der Waals surface area contributed by atoms with Crippen LogP contribution < -0.4 is 5.32 Å². The fourth-order valence-electron chi connectivity index (χ4n) is 4.95. The Morgan fingerprint density at radius 3 is 2.50 bits per heavy atom. The van der Waals surface area contributed by atoms with E-state index in [4.69, 9.17) is 0 Å². The number of aryl methyl sites for hydroxylation is 1. The van der Waals surface area contributed by atoms with E-state index in [1.54, 1.807) is 29.4 Å². The smallest absolute Gasteiger partial charge is 0.347 e. The summed E-state index contributed by atoms with van der Waals surface area (Å²) in [6.45, 7) is 2.47. The molecular weight excluding hydrogens is 495 g/mol. The molecule has 2 atom stereocenters. The summed E-state index contributed by atoms with van der Waals surface area (Å²) in [5.41, 5.74) is 1.76. The van der Waals surface area contributed by atoms with Gasteiger partial charge in [0.2, 0.25) is 0 Å². The SMILES string of the molecule is Cc1cc(C(=O)N2CC[C@@H](NC(=O)c3ncccc3C(F)(F)F)[C@@H](c3ccccc3)C2)cc2nccnc12. The predicted molar refractivity (Wildman–Crippen MR) is 134 cm³/mol. The molecule has 1 aliphatic rings. The van der Waals surface area contributed by atoms with Gasteiger partial charge in [0, 0.05) is 49.2 Å². The van der Waals surface area contributed by atoms with Crippen LogP contribution in [0.3, 0.4) is 0 Å². The van der Waals surface area contributed by atoms with Crippen molar-refractivity contribution in [1.82, 2.24) is 25.2 Å². The molecule has 1 saturated heterocycles. The lowest BCUT2D eigenvalue weighted by Crippen LogP contribution is -2.51. The molecule has 0 aliphatic carbocycles. The van der Waals surface area contributed by atoms with E-state index in [-0.39, 0.29) is 18.4 Å². The number of halogens is 3. The Kier molecular flexibility index (Phi) is 6.79. The van der Waals surface area contributed by atoms with Crippen molar-refractivity contribution in [1.29, 1.82) is 0 Å². The van der Waals surface area contributed by atoms with E-state index in [9.17, 15) is 22.8 Å². The molecule has 38 heavy (non-hydrogen) atoms. The third-order valence-corrected chi connectivity index (χ3v) is 6.78. The van der Waals surface area contributed by atoms with E-state index >= 15 is 0 Å². The third-order valence-electron chi connectivity index (χ3n) is 6.78. The van der Waals surface area contributed by atoms with Gasteiger partial charge in [0.1, 0.15) is 5.69 Å². The first-order chi connectivity index (χ1) is 18.2. The van der Waals surface area contributed by atoms with E-state index in [2.05, 4.69) is 20.3 Å². The molecule has 0 saturated carbocycles. The minimum atomic E-state index is -4.71. The summed E-state index contributed by atoms with van der Waals surface area (Å²) in [6.07, 6.45) is -0.0179. The van der Waals surface area contributed by atoms with E-state index in [0.717, 1.165) is 35.0 Å². The second-order valence-corrected chi connectivity index (χ2v) is 9.25. The number of pyridine rings is 1. The monoisotopic (exact) mass is 519 g/mol. The highest BCUT2D eigenvalue weighted by Gasteiger charge is 2.38. The van der Waals surface area contributed by atoms with Crippen LogP contribution in [-0.4, -0.2) is 50.8 Å². The first-order valence-corrected chi connectivity index (χ1v) is 12.1. The largest absolute Gasteiger partial charge is 0.418 e. The van der Waals surface area contributed by atoms with Crippen molar-refractivity contribution in [3.8, 4) is 0 Å². The van der Waals surface area contributed by atoms with Crippen LogP contribution in [0.15, 0.2) is 73.2 Å². The first-order valence-electron chi connectivity index (χ1n) is 12.1. The number of piperidine rings is 1. The zero-order valence-corrected chi connectivity index (χ0v) is 20.4. The van der Waals surface area contributed by atoms with Gasteiger partial charge in [-0.05, 0) is 48.7 Å². The average molecular weight is 520 g/mol. The maximum absolute atomic E-state index is 13.5. The van der Waals surface area contributed by atoms with Crippen LogP contribution in [0.1, 0.15) is 49.9 Å². The molecule has 194 valence electrons. The molecule has 0 bridgehead atoms. The van der Waals surface area contributed by atoms with Crippen LogP contribution >= 0.6 is 0 Å². The van der Waals surface area contributed by atoms with Crippen LogP contribution in [-0.2, 0) is 6.18 Å². The lowest BCUT2D eigenvalue weighted by atomic mass is 9.85. The first kappa shape index (κ1) is 25.3. The van der Waals surface area contributed by atoms with Crippen molar-refractivity contribution >= 4 is 22.8 Å². The number of hydrogen-bond donors (Lipinski definition) is 1. The van der Waals surface area contributed by atoms with Gasteiger partial charge < -0.3 is 10.2 Å². The topological polar surface area (TPSA) is 88.1 Å². The molecule has 0 radical (unpaired) electrons. The second kappa shape index (κ2) is 10.2. The molecule has 2 aromatic heterocycles. The van der Waals surface area contributed by atoms with Gasteiger partial charge in [-0.3, -0.25) is 24.5 Å². The van der Waals surface area contributed by atoms with Crippen molar-refractivity contribution in [3.05, 3.63) is 101 Å². The number of aromatic nitrogens is 3. The average Bonchev–Trinajstić information content (AvgIpc) is 2.93. The van der Waals surface area contributed by atoms with Crippen LogP contribution in [0, 0.1) is 6.92 Å². The fourth-order valence-corrected chi connectivity index (χ4v) is 4.95. The van der Waals surface area contributed by atoms with Gasteiger partial charge in [-0.2, -0.15) is 13.2 Å². The van der Waals surface area contributed by atoms with Gasteiger partial charge in [-0.25, -0.2) is 0 Å². The maximum atomic E-state index is 13.5. The van der Waals surface area contributed by atoms with E-state index in [1.807, 2.05) is 37.3 Å². The molecule has 1 fully saturated rings. The number of alkyl halides is 3. The molecule has 4 aromatic rings. The predicted octanol–water partition coefficient (Wildman–Crippen LogP) is 4.78. The number of nitrogens with zero attached hydrogens (tertiary/aromatic N) is 4. The molecule has 1 N–H and O–H groups in total. The Morgan fingerprint density at radius 2 is 1.74 bits per heavy atom. The number of hydrogen-bond acceptors (Lipinski definition) is 5. The number of fused-ring (bicyclic) bond motifs is 1. The number of amides is 2. The molecule has 0 spiro atoms. The number of rotatable bonds is 4. The lowest BCUT2D eigenvalue weighted by Gasteiger charge is -2.39. The molecule has 2 aromatic carbocycles. The summed E-state index contributed by atoms with van der Waals surface area (Å²) >= 11 is 0. The Morgan fingerprint density at radius 1 is 0.974 bits per heavy atom. The van der Waals surface area contributed by atoms with Crippen molar-refractivity contribution in [3.63, 3.8) is 0 Å². The zero-order valence-electron chi connectivity index (χ0n) is 20.4. The third kappa shape index (κ3) is 5.06. The molecule has 10 heteroatoms. The summed E-state index contributed by atoms with van der Waals surface area (Å²) in [5, 5.41) is 2.77. The Labute approximate surface area is 216 Å². The highest BCUT2D eigenvalue weighted by molar-refractivity contribution is 5.98.